The van der Waals surface area contributed by atoms with Gasteiger partial charge in [0.1, 0.15) is 6.17 Å². The Balaban J connectivity index is 1.66. The molecule has 1 aliphatic carbocycles. The molecule has 1 heterocycles. The summed E-state index contributed by atoms with van der Waals surface area (Å²) >= 11 is 0. The summed E-state index contributed by atoms with van der Waals surface area (Å²) in [7, 11) is 0. The number of benzene rings is 2. The molecule has 0 bridgehead atoms. The van der Waals surface area contributed by atoms with Gasteiger partial charge in [-0.25, -0.2) is 4.39 Å². The molecule has 2 aromatic rings. The Bertz CT molecular complexity index is 638. The number of ether oxygens (including phenoxy) is 1. The summed E-state index contributed by atoms with van der Waals surface area (Å²) < 4.78 is 19.7. The molecule has 4 rings (SSSR count). The van der Waals surface area contributed by atoms with Crippen LogP contribution in [-0.2, 0) is 4.74 Å². The highest BCUT2D eigenvalue weighted by Gasteiger charge is 2.39. The summed E-state index contributed by atoms with van der Waals surface area (Å²) in [5.74, 6) is 0.992. The molecule has 110 valence electrons. The average Bonchev–Trinajstić information content (AvgIpc) is 2.53. The Morgan fingerprint density at radius 2 is 1.81 bits per heavy atom. The number of rotatable bonds is 1. The Kier molecular flexibility index (Phi) is 3.42. The molecule has 1 nitrogen and oxygen atoms in total. The lowest BCUT2D eigenvalue weighted by Crippen LogP contribution is -2.36. The molecule has 2 heteroatoms. The van der Waals surface area contributed by atoms with E-state index in [4.69, 9.17) is 4.74 Å². The van der Waals surface area contributed by atoms with E-state index in [0.29, 0.717) is 18.3 Å². The molecule has 1 saturated carbocycles. The maximum atomic E-state index is 13.7. The number of alkyl halides is 1. The van der Waals surface area contributed by atoms with E-state index >= 15 is 0 Å². The van der Waals surface area contributed by atoms with Crippen molar-refractivity contribution in [3.8, 4) is 0 Å². The van der Waals surface area contributed by atoms with Crippen LogP contribution in [0.4, 0.5) is 4.39 Å². The van der Waals surface area contributed by atoms with Crippen molar-refractivity contribution in [1.29, 1.82) is 0 Å². The Labute approximate surface area is 125 Å². The lowest BCUT2D eigenvalue weighted by atomic mass is 9.71. The molecule has 2 fully saturated rings. The summed E-state index contributed by atoms with van der Waals surface area (Å²) in [6.45, 7) is 0.769. The third-order valence-electron chi connectivity index (χ3n) is 5.25. The zero-order valence-corrected chi connectivity index (χ0v) is 12.2. The van der Waals surface area contributed by atoms with Crippen LogP contribution >= 0.6 is 0 Å². The number of hydrogen-bond donors (Lipinski definition) is 0. The third-order valence-corrected chi connectivity index (χ3v) is 5.25. The van der Waals surface area contributed by atoms with Crippen LogP contribution in [0.25, 0.3) is 10.8 Å². The maximum Gasteiger partial charge on any atom is 0.100 e. The van der Waals surface area contributed by atoms with E-state index in [1.165, 1.54) is 16.3 Å². The fraction of sp³-hybridized carbons (Fsp3) is 0.474. The summed E-state index contributed by atoms with van der Waals surface area (Å²) in [5, 5.41) is 2.53. The predicted molar refractivity (Wildman–Crippen MR) is 83.0 cm³/mol. The van der Waals surface area contributed by atoms with Crippen LogP contribution in [0.15, 0.2) is 42.5 Å². The maximum absolute atomic E-state index is 13.7. The highest BCUT2D eigenvalue weighted by Crippen LogP contribution is 2.46. The molecule has 1 aliphatic heterocycles. The van der Waals surface area contributed by atoms with Crippen molar-refractivity contribution in [3.05, 3.63) is 48.0 Å². The number of fused-ring (bicyclic) bond motifs is 2. The van der Waals surface area contributed by atoms with Crippen LogP contribution in [0.5, 0.6) is 0 Å². The van der Waals surface area contributed by atoms with E-state index in [1.807, 2.05) is 0 Å². The van der Waals surface area contributed by atoms with Gasteiger partial charge in [-0.2, -0.15) is 0 Å². The Hall–Kier alpha value is -1.41. The van der Waals surface area contributed by atoms with Crippen molar-refractivity contribution >= 4 is 10.8 Å². The fourth-order valence-corrected chi connectivity index (χ4v) is 4.16. The van der Waals surface area contributed by atoms with Gasteiger partial charge in [-0.05, 0) is 59.9 Å². The van der Waals surface area contributed by atoms with Gasteiger partial charge in [0.2, 0.25) is 0 Å². The lowest BCUT2D eigenvalue weighted by Gasteiger charge is -2.42. The molecule has 0 N–H and O–H groups in total. The molecule has 1 unspecified atom stereocenters. The minimum absolute atomic E-state index is 0.154. The molecule has 0 amide bonds. The summed E-state index contributed by atoms with van der Waals surface area (Å²) in [4.78, 5) is 0. The summed E-state index contributed by atoms with van der Waals surface area (Å²) in [5.41, 5.74) is 1.26. The third kappa shape index (κ3) is 2.46. The van der Waals surface area contributed by atoms with Crippen molar-refractivity contribution in [3.63, 3.8) is 0 Å². The normalized spacial score (nSPS) is 32.8. The van der Waals surface area contributed by atoms with Crippen molar-refractivity contribution in [2.75, 3.05) is 6.61 Å². The molecular weight excluding hydrogens is 263 g/mol. The molecule has 4 atom stereocenters. The van der Waals surface area contributed by atoms with Gasteiger partial charge in [-0.3, -0.25) is 0 Å². The summed E-state index contributed by atoms with van der Waals surface area (Å²) in [6, 6.07) is 15.1. The molecule has 0 aromatic heterocycles. The van der Waals surface area contributed by atoms with Gasteiger partial charge in [0.15, 0.2) is 0 Å². The highest BCUT2D eigenvalue weighted by molar-refractivity contribution is 5.83. The van der Waals surface area contributed by atoms with Crippen molar-refractivity contribution in [2.24, 2.45) is 11.8 Å². The smallest absolute Gasteiger partial charge is 0.100 e. The van der Waals surface area contributed by atoms with Gasteiger partial charge >= 0.3 is 0 Å². The molecular formula is C19H21FO. The van der Waals surface area contributed by atoms with Crippen LogP contribution in [0.2, 0.25) is 0 Å². The highest BCUT2D eigenvalue weighted by atomic mass is 19.1. The molecule has 0 spiro atoms. The number of halogens is 1. The van der Waals surface area contributed by atoms with E-state index < -0.39 is 6.17 Å². The van der Waals surface area contributed by atoms with E-state index in [2.05, 4.69) is 42.5 Å². The standard InChI is InChI=1S/C19H21FO/c20-17-7-8-18-15(12-17)9-10-21-19(18)16-6-5-13-3-1-2-4-14(13)11-16/h1-6,11,15,17-19H,7-10,12H2/t15-,17?,18-,19+/m0/s1. The first-order valence-electron chi connectivity index (χ1n) is 8.05. The van der Waals surface area contributed by atoms with E-state index in [9.17, 15) is 4.39 Å². The first kappa shape index (κ1) is 13.3. The minimum Gasteiger partial charge on any atom is -0.373 e. The monoisotopic (exact) mass is 284 g/mol. The van der Waals surface area contributed by atoms with Crippen molar-refractivity contribution < 1.29 is 9.13 Å². The largest absolute Gasteiger partial charge is 0.373 e. The second kappa shape index (κ2) is 5.42. The van der Waals surface area contributed by atoms with Gasteiger partial charge in [-0.1, -0.05) is 36.4 Å². The quantitative estimate of drug-likeness (QED) is 0.711. The zero-order valence-electron chi connectivity index (χ0n) is 12.2. The van der Waals surface area contributed by atoms with Gasteiger partial charge in [-0.15, -0.1) is 0 Å². The van der Waals surface area contributed by atoms with Gasteiger partial charge in [0.25, 0.3) is 0 Å². The topological polar surface area (TPSA) is 9.23 Å². The Morgan fingerprint density at radius 1 is 0.952 bits per heavy atom. The average molecular weight is 284 g/mol. The van der Waals surface area contributed by atoms with E-state index in [0.717, 1.165) is 25.9 Å². The molecule has 2 aromatic carbocycles. The minimum atomic E-state index is -0.596. The van der Waals surface area contributed by atoms with Crippen LogP contribution in [0, 0.1) is 11.8 Å². The molecule has 21 heavy (non-hydrogen) atoms. The zero-order chi connectivity index (χ0) is 14.2. The van der Waals surface area contributed by atoms with Crippen LogP contribution < -0.4 is 0 Å². The van der Waals surface area contributed by atoms with Gasteiger partial charge in [0, 0.05) is 6.61 Å². The Morgan fingerprint density at radius 3 is 2.71 bits per heavy atom. The summed E-state index contributed by atoms with van der Waals surface area (Å²) in [6.07, 6.45) is 2.98. The lowest BCUT2D eigenvalue weighted by molar-refractivity contribution is -0.0831. The van der Waals surface area contributed by atoms with E-state index in [-0.39, 0.29) is 6.10 Å². The van der Waals surface area contributed by atoms with Crippen LogP contribution in [0.3, 0.4) is 0 Å². The van der Waals surface area contributed by atoms with Crippen LogP contribution in [0.1, 0.15) is 37.4 Å². The van der Waals surface area contributed by atoms with Crippen molar-refractivity contribution in [2.45, 2.75) is 38.0 Å². The number of hydrogen-bond acceptors (Lipinski definition) is 1. The molecule has 0 radical (unpaired) electrons. The van der Waals surface area contributed by atoms with Crippen molar-refractivity contribution in [1.82, 2.24) is 0 Å². The predicted octanol–water partition coefficient (Wildman–Crippen LogP) is 5.06. The first-order chi connectivity index (χ1) is 10.3. The van der Waals surface area contributed by atoms with E-state index in [1.54, 1.807) is 0 Å². The van der Waals surface area contributed by atoms with Gasteiger partial charge in [0.05, 0.1) is 6.10 Å². The first-order valence-corrected chi connectivity index (χ1v) is 8.05. The SMILES string of the molecule is FC1CC[C@H]2[C@@H](CCO[C@@H]2c2ccc3ccccc3c2)C1. The van der Waals surface area contributed by atoms with Crippen LogP contribution in [-0.4, -0.2) is 12.8 Å². The molecule has 1 saturated heterocycles. The second-order valence-electron chi connectivity index (χ2n) is 6.52. The van der Waals surface area contributed by atoms with Gasteiger partial charge < -0.3 is 4.74 Å². The molecule has 2 aliphatic rings. The second-order valence-corrected chi connectivity index (χ2v) is 6.52. The fourth-order valence-electron chi connectivity index (χ4n) is 4.16.